The molecule has 0 heterocycles. The quantitative estimate of drug-likeness (QED) is 0.746. The molecule has 1 atom stereocenters. The van der Waals surface area contributed by atoms with Crippen LogP contribution < -0.4 is 16.0 Å². The number of hydrogen-bond acceptors (Lipinski definition) is 4. The number of nitriles is 1. The smallest absolute Gasteiger partial charge is 0.246 e. The maximum atomic E-state index is 12.3. The first kappa shape index (κ1) is 17.5. The van der Waals surface area contributed by atoms with E-state index in [4.69, 9.17) is 5.26 Å². The van der Waals surface area contributed by atoms with E-state index in [1.54, 1.807) is 43.3 Å². The molecule has 0 aliphatic heterocycles. The van der Waals surface area contributed by atoms with Crippen molar-refractivity contribution < 1.29 is 9.59 Å². The standard InChI is InChI=1S/C20H20N4O2/c1-13(19(25)24-18-5-3-2-4-15(18)12-21)22-16-8-10-17(11-9-16)23-20(26)14-6-7-14/h2-5,8-11,13-14,22H,6-7H2,1H3,(H,23,26)(H,24,25)/t13-/m1/s1. The zero-order valence-electron chi connectivity index (χ0n) is 14.5. The van der Waals surface area contributed by atoms with Crippen LogP contribution in [0.3, 0.4) is 0 Å². The van der Waals surface area contributed by atoms with E-state index < -0.39 is 6.04 Å². The minimum atomic E-state index is -0.492. The van der Waals surface area contributed by atoms with Crippen LogP contribution in [0.25, 0.3) is 0 Å². The molecule has 1 fully saturated rings. The third kappa shape index (κ3) is 4.39. The molecule has 1 aliphatic carbocycles. The van der Waals surface area contributed by atoms with Crippen LogP contribution in [0.2, 0.25) is 0 Å². The minimum absolute atomic E-state index is 0.0645. The van der Waals surface area contributed by atoms with Gasteiger partial charge in [0.2, 0.25) is 11.8 Å². The summed E-state index contributed by atoms with van der Waals surface area (Å²) in [5.74, 6) is -0.0127. The zero-order valence-corrected chi connectivity index (χ0v) is 14.5. The van der Waals surface area contributed by atoms with Crippen LogP contribution >= 0.6 is 0 Å². The maximum Gasteiger partial charge on any atom is 0.246 e. The van der Waals surface area contributed by atoms with Crippen LogP contribution in [0, 0.1) is 17.2 Å². The second-order valence-corrected chi connectivity index (χ2v) is 6.35. The topological polar surface area (TPSA) is 94.0 Å². The lowest BCUT2D eigenvalue weighted by atomic mass is 10.2. The van der Waals surface area contributed by atoms with Crippen molar-refractivity contribution >= 4 is 28.9 Å². The largest absolute Gasteiger partial charge is 0.374 e. The van der Waals surface area contributed by atoms with Crippen LogP contribution in [0.4, 0.5) is 17.1 Å². The molecule has 2 aromatic rings. The van der Waals surface area contributed by atoms with Crippen molar-refractivity contribution in [2.45, 2.75) is 25.8 Å². The van der Waals surface area contributed by atoms with E-state index in [9.17, 15) is 9.59 Å². The molecule has 6 nitrogen and oxygen atoms in total. The van der Waals surface area contributed by atoms with E-state index in [0.717, 1.165) is 24.2 Å². The second-order valence-electron chi connectivity index (χ2n) is 6.35. The number of nitrogens with zero attached hydrogens (tertiary/aromatic N) is 1. The highest BCUT2D eigenvalue weighted by atomic mass is 16.2. The summed E-state index contributed by atoms with van der Waals surface area (Å²) in [4.78, 5) is 24.1. The van der Waals surface area contributed by atoms with E-state index >= 15 is 0 Å². The summed E-state index contributed by atoms with van der Waals surface area (Å²) in [6, 6.07) is 15.7. The van der Waals surface area contributed by atoms with Crippen molar-refractivity contribution in [1.82, 2.24) is 0 Å². The van der Waals surface area contributed by atoms with Crippen LogP contribution in [-0.4, -0.2) is 17.9 Å². The van der Waals surface area contributed by atoms with Gasteiger partial charge in [-0.2, -0.15) is 5.26 Å². The van der Waals surface area contributed by atoms with Crippen molar-refractivity contribution in [3.05, 3.63) is 54.1 Å². The van der Waals surface area contributed by atoms with Gasteiger partial charge in [-0.25, -0.2) is 0 Å². The third-order valence-corrected chi connectivity index (χ3v) is 4.18. The molecule has 6 heteroatoms. The molecule has 0 unspecified atom stereocenters. The Kier molecular flexibility index (Phi) is 5.18. The molecule has 0 saturated heterocycles. The van der Waals surface area contributed by atoms with E-state index in [0.29, 0.717) is 11.3 Å². The van der Waals surface area contributed by atoms with Gasteiger partial charge in [0.1, 0.15) is 12.1 Å². The molecule has 2 aromatic carbocycles. The predicted octanol–water partition coefficient (Wildman–Crippen LogP) is 3.35. The average Bonchev–Trinajstić information content (AvgIpc) is 3.49. The summed E-state index contributed by atoms with van der Waals surface area (Å²) in [6.45, 7) is 1.74. The van der Waals surface area contributed by atoms with Gasteiger partial charge in [-0.05, 0) is 56.2 Å². The molecule has 132 valence electrons. The molecular weight excluding hydrogens is 328 g/mol. The zero-order chi connectivity index (χ0) is 18.5. The molecule has 0 bridgehead atoms. The Labute approximate surface area is 152 Å². The van der Waals surface area contributed by atoms with Gasteiger partial charge in [-0.15, -0.1) is 0 Å². The first-order valence-electron chi connectivity index (χ1n) is 8.54. The Balaban J connectivity index is 1.56. The van der Waals surface area contributed by atoms with E-state index in [1.807, 2.05) is 12.1 Å². The SMILES string of the molecule is C[C@@H](Nc1ccc(NC(=O)C2CC2)cc1)C(=O)Nc1ccccc1C#N. The lowest BCUT2D eigenvalue weighted by Gasteiger charge is -2.16. The molecule has 1 aliphatic rings. The fraction of sp³-hybridized carbons (Fsp3) is 0.250. The summed E-state index contributed by atoms with van der Waals surface area (Å²) < 4.78 is 0. The number of para-hydroxylation sites is 1. The van der Waals surface area contributed by atoms with Gasteiger partial charge in [0, 0.05) is 17.3 Å². The van der Waals surface area contributed by atoms with Crippen molar-refractivity contribution in [3.63, 3.8) is 0 Å². The number of hydrogen-bond donors (Lipinski definition) is 3. The first-order valence-corrected chi connectivity index (χ1v) is 8.54. The number of rotatable bonds is 6. The van der Waals surface area contributed by atoms with E-state index in [1.165, 1.54) is 0 Å². The number of carbonyl (C=O) groups is 2. The number of anilines is 3. The summed E-state index contributed by atoms with van der Waals surface area (Å²) in [7, 11) is 0. The minimum Gasteiger partial charge on any atom is -0.374 e. The average molecular weight is 348 g/mol. The second kappa shape index (κ2) is 7.70. The monoisotopic (exact) mass is 348 g/mol. The Bertz CT molecular complexity index is 851. The highest BCUT2D eigenvalue weighted by molar-refractivity contribution is 5.97. The fourth-order valence-electron chi connectivity index (χ4n) is 2.49. The summed E-state index contributed by atoms with van der Waals surface area (Å²) in [5.41, 5.74) is 2.42. The van der Waals surface area contributed by atoms with Gasteiger partial charge in [-0.1, -0.05) is 12.1 Å². The molecule has 0 radical (unpaired) electrons. The maximum absolute atomic E-state index is 12.3. The van der Waals surface area contributed by atoms with Crippen LogP contribution in [0.15, 0.2) is 48.5 Å². The van der Waals surface area contributed by atoms with E-state index in [2.05, 4.69) is 22.0 Å². The first-order chi connectivity index (χ1) is 12.6. The lowest BCUT2D eigenvalue weighted by Crippen LogP contribution is -2.32. The van der Waals surface area contributed by atoms with Crippen molar-refractivity contribution in [2.24, 2.45) is 5.92 Å². The van der Waals surface area contributed by atoms with Gasteiger partial charge >= 0.3 is 0 Å². The van der Waals surface area contributed by atoms with Gasteiger partial charge in [0.25, 0.3) is 0 Å². The molecule has 1 saturated carbocycles. The van der Waals surface area contributed by atoms with Gasteiger partial charge in [-0.3, -0.25) is 9.59 Å². The molecule has 3 N–H and O–H groups in total. The normalized spacial score (nSPS) is 14.0. The summed E-state index contributed by atoms with van der Waals surface area (Å²) in [6.07, 6.45) is 1.93. The predicted molar refractivity (Wildman–Crippen MR) is 101 cm³/mol. The highest BCUT2D eigenvalue weighted by Crippen LogP contribution is 2.30. The molecular formula is C20H20N4O2. The number of amides is 2. The Morgan fingerprint density at radius 2 is 1.69 bits per heavy atom. The fourth-order valence-corrected chi connectivity index (χ4v) is 2.49. The van der Waals surface area contributed by atoms with Crippen LogP contribution in [0.1, 0.15) is 25.3 Å². The highest BCUT2D eigenvalue weighted by Gasteiger charge is 2.29. The molecule has 0 aromatic heterocycles. The number of benzene rings is 2. The van der Waals surface area contributed by atoms with Crippen molar-refractivity contribution in [3.8, 4) is 6.07 Å². The molecule has 2 amide bonds. The van der Waals surface area contributed by atoms with E-state index in [-0.39, 0.29) is 17.7 Å². The van der Waals surface area contributed by atoms with Gasteiger partial charge in [0.05, 0.1) is 11.3 Å². The van der Waals surface area contributed by atoms with Crippen molar-refractivity contribution in [1.29, 1.82) is 5.26 Å². The van der Waals surface area contributed by atoms with Gasteiger partial charge < -0.3 is 16.0 Å². The summed E-state index contributed by atoms with van der Waals surface area (Å²) in [5, 5.41) is 17.8. The van der Waals surface area contributed by atoms with Crippen molar-refractivity contribution in [2.75, 3.05) is 16.0 Å². The van der Waals surface area contributed by atoms with Gasteiger partial charge in [0.15, 0.2) is 0 Å². The van der Waals surface area contributed by atoms with Crippen LogP contribution in [0.5, 0.6) is 0 Å². The van der Waals surface area contributed by atoms with Crippen LogP contribution in [-0.2, 0) is 9.59 Å². The Morgan fingerprint density at radius 1 is 1.04 bits per heavy atom. The molecule has 0 spiro atoms. The Hall–Kier alpha value is -3.33. The molecule has 3 rings (SSSR count). The third-order valence-electron chi connectivity index (χ3n) is 4.18. The number of carbonyl (C=O) groups excluding carboxylic acids is 2. The lowest BCUT2D eigenvalue weighted by molar-refractivity contribution is -0.117. The summed E-state index contributed by atoms with van der Waals surface area (Å²) >= 11 is 0. The number of nitrogens with one attached hydrogen (secondary N) is 3. The molecule has 26 heavy (non-hydrogen) atoms. The Morgan fingerprint density at radius 3 is 2.35 bits per heavy atom.